The van der Waals surface area contributed by atoms with Crippen LogP contribution in [0.3, 0.4) is 0 Å². The summed E-state index contributed by atoms with van der Waals surface area (Å²) in [4.78, 5) is 7.19. The average molecular weight is 519 g/mol. The lowest BCUT2D eigenvalue weighted by Crippen LogP contribution is -2.40. The van der Waals surface area contributed by atoms with Crippen LogP contribution in [-0.2, 0) is 13.1 Å². The van der Waals surface area contributed by atoms with Gasteiger partial charge in [-0.15, -0.1) is 24.0 Å². The van der Waals surface area contributed by atoms with Crippen LogP contribution >= 0.6 is 24.0 Å². The van der Waals surface area contributed by atoms with E-state index in [4.69, 9.17) is 4.99 Å². The van der Waals surface area contributed by atoms with Crippen LogP contribution in [0.2, 0.25) is 0 Å². The van der Waals surface area contributed by atoms with E-state index in [0.29, 0.717) is 18.4 Å². The largest absolute Gasteiger partial charge is 0.396 e. The molecule has 0 fully saturated rings. The Morgan fingerprint density at radius 2 is 1.79 bits per heavy atom. The van der Waals surface area contributed by atoms with E-state index in [2.05, 4.69) is 74.4 Å². The van der Waals surface area contributed by atoms with Gasteiger partial charge in [0.15, 0.2) is 5.96 Å². The summed E-state index contributed by atoms with van der Waals surface area (Å²) in [6, 6.07) is 8.73. The number of nitrogens with zero attached hydrogens (tertiary/aromatic N) is 2. The van der Waals surface area contributed by atoms with Gasteiger partial charge in [-0.2, -0.15) is 0 Å². The van der Waals surface area contributed by atoms with Gasteiger partial charge < -0.3 is 15.7 Å². The van der Waals surface area contributed by atoms with Gasteiger partial charge in [-0.1, -0.05) is 52.0 Å². The Morgan fingerprint density at radius 1 is 1.10 bits per heavy atom. The quantitative estimate of drug-likeness (QED) is 0.208. The van der Waals surface area contributed by atoms with E-state index in [1.165, 1.54) is 11.1 Å². The first-order valence-electron chi connectivity index (χ1n) is 10.9. The molecule has 0 heterocycles. The smallest absolute Gasteiger partial charge is 0.191 e. The maximum absolute atomic E-state index is 9.32. The van der Waals surface area contributed by atoms with E-state index < -0.39 is 0 Å². The number of halogens is 1. The maximum atomic E-state index is 9.32. The van der Waals surface area contributed by atoms with Gasteiger partial charge in [0.05, 0.1) is 6.54 Å². The van der Waals surface area contributed by atoms with Crippen molar-refractivity contribution in [3.63, 3.8) is 0 Å². The molecule has 168 valence electrons. The van der Waals surface area contributed by atoms with E-state index >= 15 is 0 Å². The second-order valence-corrected chi connectivity index (χ2v) is 7.87. The molecule has 1 atom stereocenters. The maximum Gasteiger partial charge on any atom is 0.191 e. The molecule has 1 rings (SSSR count). The number of benzene rings is 1. The molecule has 0 saturated carbocycles. The second-order valence-electron chi connectivity index (χ2n) is 7.87. The highest BCUT2D eigenvalue weighted by atomic mass is 127. The van der Waals surface area contributed by atoms with Crippen LogP contribution in [0.15, 0.2) is 29.3 Å². The monoisotopic (exact) mass is 518 g/mol. The molecule has 6 heteroatoms. The fourth-order valence-electron chi connectivity index (χ4n) is 3.44. The van der Waals surface area contributed by atoms with Crippen LogP contribution in [0.4, 0.5) is 0 Å². The third kappa shape index (κ3) is 12.4. The van der Waals surface area contributed by atoms with Crippen molar-refractivity contribution in [1.29, 1.82) is 0 Å². The number of aliphatic hydroxyl groups excluding tert-OH is 1. The summed E-state index contributed by atoms with van der Waals surface area (Å²) in [7, 11) is 0. The number of aliphatic imine (C=N–C) groups is 1. The third-order valence-electron chi connectivity index (χ3n) is 4.96. The van der Waals surface area contributed by atoms with Gasteiger partial charge in [-0.25, -0.2) is 4.99 Å². The number of guanidine groups is 1. The Hall–Kier alpha value is -0.860. The standard InChI is InChI=1S/C23H42N4O.HI/c1-6-24-23(26-17-21(12-13-28)14-19(4)5)25-16-20-10-9-11-22(15-20)18-27(7-2)8-3;/h9-11,15,19,21,28H,6-8,12-14,16-18H2,1-5H3,(H2,24,25,26);1H. The molecule has 5 nitrogen and oxygen atoms in total. The number of hydrogen-bond donors (Lipinski definition) is 3. The third-order valence-corrected chi connectivity index (χ3v) is 4.96. The van der Waals surface area contributed by atoms with Crippen LogP contribution in [0, 0.1) is 11.8 Å². The second kappa shape index (κ2) is 16.9. The van der Waals surface area contributed by atoms with E-state index in [1.807, 2.05) is 0 Å². The molecule has 3 N–H and O–H groups in total. The molecular weight excluding hydrogens is 475 g/mol. The Morgan fingerprint density at radius 3 is 2.38 bits per heavy atom. The van der Waals surface area contributed by atoms with E-state index in [9.17, 15) is 5.11 Å². The Kier molecular flexibility index (Phi) is 16.4. The zero-order chi connectivity index (χ0) is 20.8. The minimum atomic E-state index is 0. The summed E-state index contributed by atoms with van der Waals surface area (Å²) in [5, 5.41) is 16.1. The Bertz CT molecular complexity index is 562. The van der Waals surface area contributed by atoms with Crippen molar-refractivity contribution in [2.75, 3.05) is 32.8 Å². The number of rotatable bonds is 13. The number of aliphatic hydroxyl groups is 1. The predicted molar refractivity (Wildman–Crippen MR) is 136 cm³/mol. The van der Waals surface area contributed by atoms with Crippen molar-refractivity contribution in [2.24, 2.45) is 16.8 Å². The van der Waals surface area contributed by atoms with Gasteiger partial charge in [-0.05, 0) is 55.8 Å². The minimum Gasteiger partial charge on any atom is -0.396 e. The molecule has 0 saturated heterocycles. The molecule has 0 amide bonds. The first-order valence-corrected chi connectivity index (χ1v) is 10.9. The van der Waals surface area contributed by atoms with Crippen LogP contribution in [0.25, 0.3) is 0 Å². The van der Waals surface area contributed by atoms with Crippen molar-refractivity contribution in [2.45, 2.75) is 60.5 Å². The molecule has 0 aliphatic heterocycles. The van der Waals surface area contributed by atoms with Crippen LogP contribution in [-0.4, -0.2) is 48.8 Å². The predicted octanol–water partition coefficient (Wildman–Crippen LogP) is 4.25. The van der Waals surface area contributed by atoms with Crippen LogP contribution in [0.1, 0.15) is 58.6 Å². The van der Waals surface area contributed by atoms with Gasteiger partial charge in [0, 0.05) is 26.2 Å². The van der Waals surface area contributed by atoms with Crippen molar-refractivity contribution in [3.05, 3.63) is 35.4 Å². The summed E-state index contributed by atoms with van der Waals surface area (Å²) in [5.74, 6) is 1.95. The molecule has 0 spiro atoms. The number of nitrogens with one attached hydrogen (secondary N) is 2. The van der Waals surface area contributed by atoms with E-state index in [0.717, 1.165) is 51.5 Å². The van der Waals surface area contributed by atoms with Gasteiger partial charge in [0.1, 0.15) is 0 Å². The van der Waals surface area contributed by atoms with E-state index in [-0.39, 0.29) is 30.6 Å². The molecular formula is C23H43IN4O. The SMILES string of the molecule is CCNC(=NCc1cccc(CN(CC)CC)c1)NCC(CCO)CC(C)C.I. The first kappa shape index (κ1) is 28.1. The highest BCUT2D eigenvalue weighted by Crippen LogP contribution is 2.14. The first-order chi connectivity index (χ1) is 13.5. The van der Waals surface area contributed by atoms with Crippen molar-refractivity contribution < 1.29 is 5.11 Å². The summed E-state index contributed by atoms with van der Waals surface area (Å²) < 4.78 is 0. The van der Waals surface area contributed by atoms with Crippen LogP contribution in [0.5, 0.6) is 0 Å². The van der Waals surface area contributed by atoms with Gasteiger partial charge in [0.25, 0.3) is 0 Å². The molecule has 29 heavy (non-hydrogen) atoms. The summed E-state index contributed by atoms with van der Waals surface area (Å²) >= 11 is 0. The minimum absolute atomic E-state index is 0. The summed E-state index contributed by atoms with van der Waals surface area (Å²) in [5.41, 5.74) is 2.57. The number of hydrogen-bond acceptors (Lipinski definition) is 3. The highest BCUT2D eigenvalue weighted by Gasteiger charge is 2.11. The average Bonchev–Trinajstić information content (AvgIpc) is 2.68. The van der Waals surface area contributed by atoms with Crippen molar-refractivity contribution in [1.82, 2.24) is 15.5 Å². The van der Waals surface area contributed by atoms with Gasteiger partial charge >= 0.3 is 0 Å². The topological polar surface area (TPSA) is 59.9 Å². The van der Waals surface area contributed by atoms with E-state index in [1.54, 1.807) is 0 Å². The normalized spacial score (nSPS) is 12.8. The lowest BCUT2D eigenvalue weighted by atomic mass is 9.94. The molecule has 0 radical (unpaired) electrons. The highest BCUT2D eigenvalue weighted by molar-refractivity contribution is 14.0. The van der Waals surface area contributed by atoms with Gasteiger partial charge in [-0.3, -0.25) is 4.90 Å². The molecule has 0 aliphatic rings. The molecule has 0 aliphatic carbocycles. The molecule has 0 aromatic heterocycles. The fourth-order valence-corrected chi connectivity index (χ4v) is 3.44. The lowest BCUT2D eigenvalue weighted by Gasteiger charge is -2.20. The molecule has 1 aromatic carbocycles. The zero-order valence-corrected chi connectivity index (χ0v) is 21.4. The fraction of sp³-hybridized carbons (Fsp3) is 0.696. The van der Waals surface area contributed by atoms with Crippen LogP contribution < -0.4 is 10.6 Å². The molecule has 0 bridgehead atoms. The molecule has 1 aromatic rings. The Balaban J connectivity index is 0.00000784. The lowest BCUT2D eigenvalue weighted by molar-refractivity contribution is 0.243. The Labute approximate surface area is 195 Å². The van der Waals surface area contributed by atoms with Crippen molar-refractivity contribution in [3.8, 4) is 0 Å². The summed E-state index contributed by atoms with van der Waals surface area (Å²) in [6.07, 6.45) is 1.94. The van der Waals surface area contributed by atoms with Crippen molar-refractivity contribution >= 4 is 29.9 Å². The van der Waals surface area contributed by atoms with Gasteiger partial charge in [0.2, 0.25) is 0 Å². The molecule has 1 unspecified atom stereocenters. The summed E-state index contributed by atoms with van der Waals surface area (Å²) in [6.45, 7) is 16.7. The zero-order valence-electron chi connectivity index (χ0n) is 19.1.